The van der Waals surface area contributed by atoms with E-state index in [-0.39, 0.29) is 11.7 Å². The van der Waals surface area contributed by atoms with Crippen LogP contribution < -0.4 is 0 Å². The summed E-state index contributed by atoms with van der Waals surface area (Å²) in [4.78, 5) is 28.8. The quantitative estimate of drug-likeness (QED) is 0.784. The molecule has 8 heteroatoms. The number of aromatic nitrogens is 2. The number of amides is 1. The number of carbonyl (C=O) groups excluding carboxylic acids is 2. The third-order valence-corrected chi connectivity index (χ3v) is 4.48. The number of rotatable bonds is 4. The smallest absolute Gasteiger partial charge is 0.267 e. The van der Waals surface area contributed by atoms with Crippen LogP contribution in [0.2, 0.25) is 0 Å². The van der Waals surface area contributed by atoms with Gasteiger partial charge in [0.05, 0.1) is 18.5 Å². The molecule has 0 saturated carbocycles. The number of hydrogen-bond acceptors (Lipinski definition) is 7. The van der Waals surface area contributed by atoms with Crippen LogP contribution in [0.25, 0.3) is 0 Å². The van der Waals surface area contributed by atoms with Crippen molar-refractivity contribution in [3.8, 4) is 0 Å². The number of ketones is 1. The maximum Gasteiger partial charge on any atom is 0.267 e. The first kappa shape index (κ1) is 14.9. The fraction of sp³-hybridized carbons (Fsp3) is 0.429. The van der Waals surface area contributed by atoms with Crippen molar-refractivity contribution >= 4 is 23.2 Å². The van der Waals surface area contributed by atoms with Gasteiger partial charge in [0.25, 0.3) is 5.91 Å². The number of piperazine rings is 1. The van der Waals surface area contributed by atoms with Gasteiger partial charge in [-0.3, -0.25) is 14.5 Å². The normalized spacial score (nSPS) is 16.0. The first-order chi connectivity index (χ1) is 10.6. The summed E-state index contributed by atoms with van der Waals surface area (Å²) >= 11 is 1.13. The summed E-state index contributed by atoms with van der Waals surface area (Å²) in [6, 6.07) is 3.37. The minimum atomic E-state index is -0.0349. The molecule has 7 nitrogen and oxygen atoms in total. The van der Waals surface area contributed by atoms with Crippen LogP contribution in [-0.2, 0) is 0 Å². The van der Waals surface area contributed by atoms with Crippen molar-refractivity contribution in [1.29, 1.82) is 0 Å². The van der Waals surface area contributed by atoms with Crippen LogP contribution in [-0.4, -0.2) is 63.8 Å². The molecule has 2 aromatic rings. The van der Waals surface area contributed by atoms with Crippen LogP contribution in [0.5, 0.6) is 0 Å². The van der Waals surface area contributed by atoms with Crippen molar-refractivity contribution in [1.82, 2.24) is 19.4 Å². The molecule has 0 unspecified atom stereocenters. The summed E-state index contributed by atoms with van der Waals surface area (Å²) in [5.41, 5.74) is 0.672. The van der Waals surface area contributed by atoms with E-state index in [4.69, 9.17) is 4.42 Å². The molecule has 1 saturated heterocycles. The predicted octanol–water partition coefficient (Wildman–Crippen LogP) is 1.08. The first-order valence-corrected chi connectivity index (χ1v) is 7.80. The van der Waals surface area contributed by atoms with Gasteiger partial charge in [-0.25, -0.2) is 0 Å². The standard InChI is InChI=1S/C14H16N4O3S/c1-10-13(22-16-15-10)14(20)18-6-4-17(5-7-18)9-11(19)12-3-2-8-21-12/h2-3,8H,4-7,9H2,1H3. The van der Waals surface area contributed by atoms with Gasteiger partial charge in [0, 0.05) is 26.2 Å². The van der Waals surface area contributed by atoms with Crippen molar-refractivity contribution in [2.45, 2.75) is 6.92 Å². The van der Waals surface area contributed by atoms with Crippen LogP contribution in [0, 0.1) is 6.92 Å². The molecule has 0 bridgehead atoms. The first-order valence-electron chi connectivity index (χ1n) is 7.02. The highest BCUT2D eigenvalue weighted by molar-refractivity contribution is 7.07. The van der Waals surface area contributed by atoms with Gasteiger partial charge in [-0.15, -0.1) is 5.10 Å². The van der Waals surface area contributed by atoms with Gasteiger partial charge in [-0.05, 0) is 30.6 Å². The van der Waals surface area contributed by atoms with Crippen molar-refractivity contribution in [3.05, 3.63) is 34.7 Å². The van der Waals surface area contributed by atoms with Crippen molar-refractivity contribution in [2.24, 2.45) is 0 Å². The molecule has 3 heterocycles. The molecule has 0 spiro atoms. The zero-order valence-electron chi connectivity index (χ0n) is 12.2. The Morgan fingerprint density at radius 3 is 2.68 bits per heavy atom. The molecular formula is C14H16N4O3S. The fourth-order valence-corrected chi connectivity index (χ4v) is 3.02. The minimum absolute atomic E-state index is 0.0236. The van der Waals surface area contributed by atoms with Crippen molar-refractivity contribution in [3.63, 3.8) is 0 Å². The topological polar surface area (TPSA) is 79.5 Å². The van der Waals surface area contributed by atoms with Gasteiger partial charge in [-0.2, -0.15) is 0 Å². The molecule has 2 aromatic heterocycles. The molecule has 0 atom stereocenters. The lowest BCUT2D eigenvalue weighted by Crippen LogP contribution is -2.49. The van der Waals surface area contributed by atoms with E-state index in [2.05, 4.69) is 9.59 Å². The number of aryl methyl sites for hydroxylation is 1. The maximum absolute atomic E-state index is 12.4. The number of carbonyl (C=O) groups is 2. The largest absolute Gasteiger partial charge is 0.461 e. The van der Waals surface area contributed by atoms with Gasteiger partial charge in [0.1, 0.15) is 4.88 Å². The highest BCUT2D eigenvalue weighted by Crippen LogP contribution is 2.14. The Labute approximate surface area is 131 Å². The van der Waals surface area contributed by atoms with E-state index in [0.29, 0.717) is 49.1 Å². The molecule has 0 aromatic carbocycles. The monoisotopic (exact) mass is 320 g/mol. The average Bonchev–Trinajstić information content (AvgIpc) is 3.18. The number of Topliss-reactive ketones (excluding diaryl/α,β-unsaturated/α-hetero) is 1. The molecule has 0 N–H and O–H groups in total. The molecule has 1 fully saturated rings. The highest BCUT2D eigenvalue weighted by Gasteiger charge is 2.26. The van der Waals surface area contributed by atoms with Crippen LogP contribution >= 0.6 is 11.5 Å². The van der Waals surface area contributed by atoms with E-state index in [1.165, 1.54) is 6.26 Å². The number of furan rings is 1. The van der Waals surface area contributed by atoms with Gasteiger partial charge in [0.2, 0.25) is 5.78 Å². The van der Waals surface area contributed by atoms with Crippen LogP contribution in [0.4, 0.5) is 0 Å². The average molecular weight is 320 g/mol. The molecule has 0 aliphatic carbocycles. The Bertz CT molecular complexity index is 659. The van der Waals surface area contributed by atoms with E-state index < -0.39 is 0 Å². The second-order valence-electron chi connectivity index (χ2n) is 5.16. The summed E-state index contributed by atoms with van der Waals surface area (Å²) in [5.74, 6) is 0.321. The predicted molar refractivity (Wildman–Crippen MR) is 80.0 cm³/mol. The maximum atomic E-state index is 12.4. The molecule has 1 amide bonds. The lowest BCUT2D eigenvalue weighted by molar-refractivity contribution is 0.0623. The summed E-state index contributed by atoms with van der Waals surface area (Å²) in [6.45, 7) is 4.64. The second kappa shape index (κ2) is 6.37. The molecule has 1 aliphatic heterocycles. The van der Waals surface area contributed by atoms with E-state index in [1.54, 1.807) is 24.0 Å². The Balaban J connectivity index is 1.53. The van der Waals surface area contributed by atoms with Gasteiger partial charge in [-0.1, -0.05) is 4.49 Å². The molecule has 22 heavy (non-hydrogen) atoms. The lowest BCUT2D eigenvalue weighted by atomic mass is 10.2. The Morgan fingerprint density at radius 2 is 2.09 bits per heavy atom. The number of nitrogens with zero attached hydrogens (tertiary/aromatic N) is 4. The lowest BCUT2D eigenvalue weighted by Gasteiger charge is -2.33. The van der Waals surface area contributed by atoms with Crippen LogP contribution in [0.3, 0.4) is 0 Å². The summed E-state index contributed by atoms with van der Waals surface area (Å²) < 4.78 is 8.90. The SMILES string of the molecule is Cc1nnsc1C(=O)N1CCN(CC(=O)c2ccco2)CC1. The summed E-state index contributed by atoms with van der Waals surface area (Å²) in [5, 5.41) is 3.87. The zero-order chi connectivity index (χ0) is 15.5. The zero-order valence-corrected chi connectivity index (χ0v) is 13.0. The summed E-state index contributed by atoms with van der Waals surface area (Å²) in [7, 11) is 0. The Hall–Kier alpha value is -2.06. The minimum Gasteiger partial charge on any atom is -0.461 e. The number of hydrogen-bond donors (Lipinski definition) is 0. The van der Waals surface area contributed by atoms with E-state index in [0.717, 1.165) is 11.5 Å². The Kier molecular flexibility index (Phi) is 4.30. The van der Waals surface area contributed by atoms with Gasteiger partial charge in [0.15, 0.2) is 5.76 Å². The summed E-state index contributed by atoms with van der Waals surface area (Å²) in [6.07, 6.45) is 1.50. The highest BCUT2D eigenvalue weighted by atomic mass is 32.1. The molecule has 1 aliphatic rings. The van der Waals surface area contributed by atoms with Crippen LogP contribution in [0.15, 0.2) is 22.8 Å². The fourth-order valence-electron chi connectivity index (χ4n) is 2.40. The van der Waals surface area contributed by atoms with E-state index >= 15 is 0 Å². The van der Waals surface area contributed by atoms with E-state index in [1.807, 2.05) is 4.90 Å². The van der Waals surface area contributed by atoms with E-state index in [9.17, 15) is 9.59 Å². The third-order valence-electron chi connectivity index (χ3n) is 3.67. The van der Waals surface area contributed by atoms with Gasteiger partial charge >= 0.3 is 0 Å². The molecular weight excluding hydrogens is 304 g/mol. The third kappa shape index (κ3) is 3.07. The van der Waals surface area contributed by atoms with Crippen LogP contribution in [0.1, 0.15) is 25.9 Å². The van der Waals surface area contributed by atoms with Gasteiger partial charge < -0.3 is 9.32 Å². The molecule has 116 valence electrons. The van der Waals surface area contributed by atoms with Crippen molar-refractivity contribution in [2.75, 3.05) is 32.7 Å². The Morgan fingerprint density at radius 1 is 1.32 bits per heavy atom. The molecule has 0 radical (unpaired) electrons. The van der Waals surface area contributed by atoms with Crippen molar-refractivity contribution < 1.29 is 14.0 Å². The second-order valence-corrected chi connectivity index (χ2v) is 5.91. The molecule has 3 rings (SSSR count).